The Morgan fingerprint density at radius 1 is 0.917 bits per heavy atom. The number of rotatable bonds is 9. The summed E-state index contributed by atoms with van der Waals surface area (Å²) in [6, 6.07) is 0. The van der Waals surface area contributed by atoms with Gasteiger partial charge in [-0.2, -0.15) is 0 Å². The van der Waals surface area contributed by atoms with Gasteiger partial charge in [-0.25, -0.2) is 0 Å². The predicted molar refractivity (Wildman–Crippen MR) is 51.1 cm³/mol. The second kappa shape index (κ2) is 10.9. The van der Waals surface area contributed by atoms with Crippen LogP contribution in [0.25, 0.3) is 0 Å². The molecule has 0 unspecified atom stereocenters. The summed E-state index contributed by atoms with van der Waals surface area (Å²) in [6.07, 6.45) is 4.38. The zero-order chi connectivity index (χ0) is 9.07. The first-order valence-electron chi connectivity index (χ1n) is 4.86. The largest absolute Gasteiger partial charge is 0.382 e. The molecule has 0 bridgehead atoms. The molecule has 0 saturated carbocycles. The van der Waals surface area contributed by atoms with Crippen molar-refractivity contribution in [2.24, 2.45) is 0 Å². The van der Waals surface area contributed by atoms with E-state index in [1.54, 1.807) is 0 Å². The van der Waals surface area contributed by atoms with E-state index in [1.165, 1.54) is 6.42 Å². The molecule has 0 N–H and O–H groups in total. The highest BCUT2D eigenvalue weighted by atomic mass is 16.5. The van der Waals surface area contributed by atoms with Gasteiger partial charge in [0.15, 0.2) is 0 Å². The fourth-order valence-corrected chi connectivity index (χ4v) is 0.933. The fraction of sp³-hybridized carbons (Fsp3) is 0.900. The van der Waals surface area contributed by atoms with Crippen LogP contribution in [0.2, 0.25) is 0 Å². The van der Waals surface area contributed by atoms with Gasteiger partial charge in [-0.15, -0.1) is 0 Å². The van der Waals surface area contributed by atoms with E-state index in [0.717, 1.165) is 45.7 Å². The minimum atomic E-state index is 0.797. The van der Waals surface area contributed by atoms with Crippen LogP contribution in [0.1, 0.15) is 32.6 Å². The molecular weight excluding hydrogens is 152 g/mol. The van der Waals surface area contributed by atoms with Gasteiger partial charge >= 0.3 is 0 Å². The van der Waals surface area contributed by atoms with Crippen LogP contribution in [0.5, 0.6) is 0 Å². The van der Waals surface area contributed by atoms with Crippen LogP contribution in [0.4, 0.5) is 0 Å². The molecular formula is C10H21O2. The van der Waals surface area contributed by atoms with E-state index in [2.05, 4.69) is 6.92 Å². The number of ether oxygens (including phenoxy) is 2. The average Bonchev–Trinajstić information content (AvgIpc) is 2.10. The molecule has 0 saturated heterocycles. The van der Waals surface area contributed by atoms with Crippen LogP contribution in [0, 0.1) is 6.92 Å². The fourth-order valence-electron chi connectivity index (χ4n) is 0.933. The van der Waals surface area contributed by atoms with Crippen molar-refractivity contribution in [3.05, 3.63) is 6.92 Å². The third-order valence-corrected chi connectivity index (χ3v) is 1.57. The Bertz CT molecular complexity index is 64.2. The molecule has 0 aromatic carbocycles. The molecule has 73 valence electrons. The summed E-state index contributed by atoms with van der Waals surface area (Å²) in [6.45, 7) is 9.12. The van der Waals surface area contributed by atoms with Crippen molar-refractivity contribution in [1.29, 1.82) is 0 Å². The maximum atomic E-state index is 5.29. The first-order valence-corrected chi connectivity index (χ1v) is 4.86. The van der Waals surface area contributed by atoms with Gasteiger partial charge in [-0.1, -0.05) is 6.92 Å². The molecule has 2 heteroatoms. The van der Waals surface area contributed by atoms with Gasteiger partial charge in [0.1, 0.15) is 0 Å². The topological polar surface area (TPSA) is 18.5 Å². The van der Waals surface area contributed by atoms with E-state index < -0.39 is 0 Å². The van der Waals surface area contributed by atoms with E-state index in [9.17, 15) is 0 Å². The summed E-state index contributed by atoms with van der Waals surface area (Å²) in [5.74, 6) is 0. The first kappa shape index (κ1) is 11.9. The summed E-state index contributed by atoms with van der Waals surface area (Å²) in [7, 11) is 0. The lowest BCUT2D eigenvalue weighted by Gasteiger charge is -2.02. The second-order valence-corrected chi connectivity index (χ2v) is 2.72. The van der Waals surface area contributed by atoms with Crippen molar-refractivity contribution in [2.45, 2.75) is 32.6 Å². The molecule has 2 nitrogen and oxygen atoms in total. The molecule has 0 heterocycles. The lowest BCUT2D eigenvalue weighted by Crippen LogP contribution is -1.97. The summed E-state index contributed by atoms with van der Waals surface area (Å²) in [5, 5.41) is 0. The van der Waals surface area contributed by atoms with Gasteiger partial charge in [0, 0.05) is 26.4 Å². The molecule has 0 atom stereocenters. The first-order chi connectivity index (χ1) is 5.91. The lowest BCUT2D eigenvalue weighted by atomic mass is 10.2. The standard InChI is InChI=1S/C10H21O2/c1-3-8-12-10-7-5-6-9-11-4-2/h1,3-10H2,2H3. The highest BCUT2D eigenvalue weighted by Gasteiger charge is 1.89. The monoisotopic (exact) mass is 173 g/mol. The van der Waals surface area contributed by atoms with Gasteiger partial charge in [0.05, 0.1) is 0 Å². The molecule has 0 rings (SSSR count). The highest BCUT2D eigenvalue weighted by molar-refractivity contribution is 4.41. The predicted octanol–water partition coefficient (Wildman–Crippen LogP) is 2.43. The van der Waals surface area contributed by atoms with Crippen LogP contribution < -0.4 is 0 Å². The smallest absolute Gasteiger partial charge is 0.0466 e. The third kappa shape index (κ3) is 9.92. The van der Waals surface area contributed by atoms with Crippen molar-refractivity contribution < 1.29 is 9.47 Å². The van der Waals surface area contributed by atoms with Gasteiger partial charge < -0.3 is 9.47 Å². The average molecular weight is 173 g/mol. The van der Waals surface area contributed by atoms with Crippen molar-refractivity contribution in [1.82, 2.24) is 0 Å². The van der Waals surface area contributed by atoms with Crippen molar-refractivity contribution in [2.75, 3.05) is 26.4 Å². The molecule has 0 fully saturated rings. The Kier molecular flexibility index (Phi) is 10.8. The highest BCUT2D eigenvalue weighted by Crippen LogP contribution is 1.96. The number of unbranched alkanes of at least 4 members (excludes halogenated alkanes) is 2. The summed E-state index contributed by atoms with van der Waals surface area (Å²) >= 11 is 0. The Morgan fingerprint density at radius 3 is 2.17 bits per heavy atom. The van der Waals surface area contributed by atoms with Crippen molar-refractivity contribution in [3.8, 4) is 0 Å². The molecule has 0 aliphatic carbocycles. The molecule has 0 spiro atoms. The van der Waals surface area contributed by atoms with E-state index in [4.69, 9.17) is 9.47 Å². The molecule has 0 aromatic rings. The van der Waals surface area contributed by atoms with Crippen LogP contribution in [0.15, 0.2) is 0 Å². The second-order valence-electron chi connectivity index (χ2n) is 2.72. The molecule has 0 aromatic heterocycles. The van der Waals surface area contributed by atoms with Gasteiger partial charge in [0.25, 0.3) is 0 Å². The molecule has 1 radical (unpaired) electrons. The Labute approximate surface area is 76.3 Å². The Hall–Kier alpha value is -0.0800. The zero-order valence-electron chi connectivity index (χ0n) is 8.18. The van der Waals surface area contributed by atoms with Gasteiger partial charge in [0.2, 0.25) is 0 Å². The van der Waals surface area contributed by atoms with Crippen molar-refractivity contribution in [3.63, 3.8) is 0 Å². The maximum absolute atomic E-state index is 5.29. The summed E-state index contributed by atoms with van der Waals surface area (Å²) < 4.78 is 10.5. The quantitative estimate of drug-likeness (QED) is 0.499. The Balaban J connectivity index is 2.73. The van der Waals surface area contributed by atoms with Crippen LogP contribution in [-0.4, -0.2) is 26.4 Å². The third-order valence-electron chi connectivity index (χ3n) is 1.57. The molecule has 0 aliphatic rings. The summed E-state index contributed by atoms with van der Waals surface area (Å²) in [4.78, 5) is 0. The minimum absolute atomic E-state index is 0.797. The number of hydrogen-bond acceptors (Lipinski definition) is 2. The summed E-state index contributed by atoms with van der Waals surface area (Å²) in [5.41, 5.74) is 0. The van der Waals surface area contributed by atoms with E-state index in [0.29, 0.717) is 0 Å². The zero-order valence-corrected chi connectivity index (χ0v) is 8.18. The number of hydrogen-bond donors (Lipinski definition) is 0. The van der Waals surface area contributed by atoms with Crippen LogP contribution in [0.3, 0.4) is 0 Å². The normalized spacial score (nSPS) is 10.5. The SMILES string of the molecule is [CH2]CCOCCCCCOCC. The molecule has 0 aliphatic heterocycles. The van der Waals surface area contributed by atoms with Crippen LogP contribution >= 0.6 is 0 Å². The lowest BCUT2D eigenvalue weighted by molar-refractivity contribution is 0.122. The molecule has 0 amide bonds. The van der Waals surface area contributed by atoms with Crippen molar-refractivity contribution >= 4 is 0 Å². The van der Waals surface area contributed by atoms with E-state index >= 15 is 0 Å². The maximum Gasteiger partial charge on any atom is 0.0466 e. The van der Waals surface area contributed by atoms with Crippen LogP contribution in [-0.2, 0) is 9.47 Å². The van der Waals surface area contributed by atoms with E-state index in [-0.39, 0.29) is 0 Å². The van der Waals surface area contributed by atoms with E-state index in [1.807, 2.05) is 6.92 Å². The Morgan fingerprint density at radius 2 is 1.58 bits per heavy atom. The van der Waals surface area contributed by atoms with Gasteiger partial charge in [-0.3, -0.25) is 0 Å². The minimum Gasteiger partial charge on any atom is -0.382 e. The molecule has 12 heavy (non-hydrogen) atoms. The van der Waals surface area contributed by atoms with Gasteiger partial charge in [-0.05, 0) is 32.6 Å².